The smallest absolute Gasteiger partial charge is 0.357 e. The lowest BCUT2D eigenvalue weighted by atomic mass is 10.2. The summed E-state index contributed by atoms with van der Waals surface area (Å²) >= 11 is 0. The van der Waals surface area contributed by atoms with Crippen molar-refractivity contribution in [1.29, 1.82) is 0 Å². The number of aryl methyl sites for hydroxylation is 2. The Morgan fingerprint density at radius 3 is 1.47 bits per heavy atom. The van der Waals surface area contributed by atoms with Crippen LogP contribution in [-0.2, 0) is 22.7 Å². The molecular formula is C22H20N6O4. The Morgan fingerprint density at radius 2 is 1.09 bits per heavy atom. The van der Waals surface area contributed by atoms with Gasteiger partial charge in [0.2, 0.25) is 11.8 Å². The molecule has 4 rings (SSSR count). The molecule has 2 aromatic carbocycles. The first kappa shape index (κ1) is 20.9. The van der Waals surface area contributed by atoms with Gasteiger partial charge in [0.25, 0.3) is 0 Å². The minimum Gasteiger partial charge on any atom is -0.493 e. The van der Waals surface area contributed by atoms with Crippen molar-refractivity contribution in [2.45, 2.75) is 26.9 Å². The van der Waals surface area contributed by atoms with Crippen LogP contribution < -0.4 is 0 Å². The second-order valence-corrected chi connectivity index (χ2v) is 6.88. The van der Waals surface area contributed by atoms with E-state index in [0.29, 0.717) is 23.9 Å². The van der Waals surface area contributed by atoms with Crippen molar-refractivity contribution in [1.82, 2.24) is 9.13 Å². The number of aromatic hydroxyl groups is 2. The van der Waals surface area contributed by atoms with Crippen molar-refractivity contribution >= 4 is 45.0 Å². The largest absolute Gasteiger partial charge is 0.493 e. The second-order valence-electron chi connectivity index (χ2n) is 6.88. The minimum absolute atomic E-state index is 0.0872. The van der Waals surface area contributed by atoms with E-state index in [9.17, 15) is 19.8 Å². The standard InChI is InChI=1S/C22H20N6O4/c1-3-27-15-11-7-5-9-13(15)17(21(27)31)23-25-19(29)20(30)26-24-18-14-10-6-8-12-16(14)28(4-2)22(18)32/h5-12,31-32H,3-4H2,1-2H3. The molecule has 0 aliphatic heterocycles. The van der Waals surface area contributed by atoms with Gasteiger partial charge in [-0.1, -0.05) is 36.4 Å². The molecule has 2 heterocycles. The second kappa shape index (κ2) is 8.42. The average Bonchev–Trinajstić information content (AvgIpc) is 3.24. The van der Waals surface area contributed by atoms with Crippen LogP contribution in [0.15, 0.2) is 69.0 Å². The van der Waals surface area contributed by atoms with Crippen LogP contribution in [0.1, 0.15) is 13.8 Å². The number of rotatable bonds is 4. The summed E-state index contributed by atoms with van der Waals surface area (Å²) in [7, 11) is 0. The van der Waals surface area contributed by atoms with E-state index in [4.69, 9.17) is 0 Å². The summed E-state index contributed by atoms with van der Waals surface area (Å²) < 4.78 is 3.23. The lowest BCUT2D eigenvalue weighted by Crippen LogP contribution is -2.06. The molecule has 0 bridgehead atoms. The molecule has 0 aliphatic rings. The molecule has 0 radical (unpaired) electrons. The first-order valence-electron chi connectivity index (χ1n) is 10.00. The molecule has 0 saturated carbocycles. The van der Waals surface area contributed by atoms with E-state index in [1.165, 1.54) is 0 Å². The van der Waals surface area contributed by atoms with E-state index in [0.717, 1.165) is 11.0 Å². The molecule has 0 aliphatic carbocycles. The Labute approximate surface area is 182 Å². The molecule has 0 spiro atoms. The van der Waals surface area contributed by atoms with E-state index >= 15 is 0 Å². The van der Waals surface area contributed by atoms with Crippen molar-refractivity contribution in [2.24, 2.45) is 20.5 Å². The van der Waals surface area contributed by atoms with Crippen LogP contribution >= 0.6 is 0 Å². The minimum atomic E-state index is -1.25. The summed E-state index contributed by atoms with van der Waals surface area (Å²) in [4.78, 5) is 24.3. The van der Waals surface area contributed by atoms with E-state index < -0.39 is 11.8 Å². The highest BCUT2D eigenvalue weighted by Gasteiger charge is 2.19. The van der Waals surface area contributed by atoms with Gasteiger partial charge < -0.3 is 19.3 Å². The van der Waals surface area contributed by atoms with Crippen LogP contribution in [0.4, 0.5) is 11.4 Å². The van der Waals surface area contributed by atoms with E-state index in [2.05, 4.69) is 20.5 Å². The van der Waals surface area contributed by atoms with Gasteiger partial charge in [-0.3, -0.25) is 9.59 Å². The molecule has 162 valence electrons. The van der Waals surface area contributed by atoms with Gasteiger partial charge in [0.05, 0.1) is 11.0 Å². The van der Waals surface area contributed by atoms with Crippen molar-refractivity contribution in [3.05, 3.63) is 48.5 Å². The van der Waals surface area contributed by atoms with Gasteiger partial charge in [-0.05, 0) is 26.0 Å². The molecule has 2 aromatic heterocycles. The Morgan fingerprint density at radius 1 is 0.719 bits per heavy atom. The third kappa shape index (κ3) is 3.41. The number of benzene rings is 2. The van der Waals surface area contributed by atoms with Crippen LogP contribution in [-0.4, -0.2) is 31.2 Å². The summed E-state index contributed by atoms with van der Waals surface area (Å²) in [5.74, 6) is -2.81. The maximum Gasteiger partial charge on any atom is 0.357 e. The number of hydrogen-bond donors (Lipinski definition) is 2. The first-order chi connectivity index (χ1) is 15.5. The summed E-state index contributed by atoms with van der Waals surface area (Å²) in [6, 6.07) is 14.2. The van der Waals surface area contributed by atoms with Crippen LogP contribution in [0.25, 0.3) is 21.8 Å². The SMILES string of the molecule is CCn1c(O)c(N=NC(=O)C(=O)N=Nc2c(O)n(CC)c3ccccc23)c2ccccc21. The highest BCUT2D eigenvalue weighted by Crippen LogP contribution is 2.39. The molecule has 10 nitrogen and oxygen atoms in total. The maximum atomic E-state index is 12.2. The highest BCUT2D eigenvalue weighted by atomic mass is 16.3. The fourth-order valence-corrected chi connectivity index (χ4v) is 3.66. The Bertz CT molecular complexity index is 1310. The van der Waals surface area contributed by atoms with E-state index in [-0.39, 0.29) is 23.1 Å². The number of amides is 2. The molecule has 32 heavy (non-hydrogen) atoms. The molecule has 2 N–H and O–H groups in total. The number of aromatic nitrogens is 2. The number of azo groups is 2. The van der Waals surface area contributed by atoms with Gasteiger partial charge in [-0.15, -0.1) is 20.5 Å². The lowest BCUT2D eigenvalue weighted by molar-refractivity contribution is -0.135. The number of hydrogen-bond acceptors (Lipinski definition) is 6. The zero-order valence-electron chi connectivity index (χ0n) is 17.4. The Kier molecular flexibility index (Phi) is 5.50. The molecule has 0 atom stereocenters. The predicted octanol–water partition coefficient (Wildman–Crippen LogP) is 4.97. The molecular weight excluding hydrogens is 412 g/mol. The van der Waals surface area contributed by atoms with Crippen LogP contribution in [0.5, 0.6) is 11.8 Å². The van der Waals surface area contributed by atoms with E-state index in [1.54, 1.807) is 45.5 Å². The van der Waals surface area contributed by atoms with Crippen LogP contribution in [0, 0.1) is 0 Å². The Hall–Kier alpha value is -4.34. The summed E-state index contributed by atoms with van der Waals surface area (Å²) in [5.41, 5.74) is 1.62. The highest BCUT2D eigenvalue weighted by molar-refractivity contribution is 6.35. The van der Waals surface area contributed by atoms with Crippen molar-refractivity contribution < 1.29 is 19.8 Å². The zero-order valence-corrected chi connectivity index (χ0v) is 17.4. The van der Waals surface area contributed by atoms with E-state index in [1.807, 2.05) is 26.0 Å². The Balaban J connectivity index is 1.61. The quantitative estimate of drug-likeness (QED) is 0.348. The third-order valence-electron chi connectivity index (χ3n) is 5.13. The number of carbonyl (C=O) groups is 2. The third-order valence-corrected chi connectivity index (χ3v) is 5.13. The van der Waals surface area contributed by atoms with Crippen molar-refractivity contribution in [3.8, 4) is 11.8 Å². The molecule has 0 unspecified atom stereocenters. The fourth-order valence-electron chi connectivity index (χ4n) is 3.66. The molecule has 0 saturated heterocycles. The van der Waals surface area contributed by atoms with Crippen LogP contribution in [0.2, 0.25) is 0 Å². The number of fused-ring (bicyclic) bond motifs is 2. The van der Waals surface area contributed by atoms with Gasteiger partial charge in [-0.25, -0.2) is 0 Å². The first-order valence-corrected chi connectivity index (χ1v) is 10.00. The average molecular weight is 432 g/mol. The monoisotopic (exact) mass is 432 g/mol. The predicted molar refractivity (Wildman–Crippen MR) is 118 cm³/mol. The summed E-state index contributed by atoms with van der Waals surface area (Å²) in [6.45, 7) is 4.68. The topological polar surface area (TPSA) is 134 Å². The van der Waals surface area contributed by atoms with Crippen LogP contribution in [0.3, 0.4) is 0 Å². The van der Waals surface area contributed by atoms with Crippen molar-refractivity contribution in [2.75, 3.05) is 0 Å². The number of nitrogens with zero attached hydrogens (tertiary/aromatic N) is 6. The van der Waals surface area contributed by atoms with Gasteiger partial charge in [-0.2, -0.15) is 0 Å². The lowest BCUT2D eigenvalue weighted by Gasteiger charge is -2.00. The number of carbonyl (C=O) groups excluding carboxylic acids is 2. The molecule has 0 fully saturated rings. The summed E-state index contributed by atoms with van der Waals surface area (Å²) in [5, 5.41) is 36.4. The zero-order chi connectivity index (χ0) is 22.8. The summed E-state index contributed by atoms with van der Waals surface area (Å²) in [6.07, 6.45) is 0. The normalized spacial score (nSPS) is 11.9. The van der Waals surface area contributed by atoms with Gasteiger partial charge in [0, 0.05) is 23.9 Å². The molecule has 2 amide bonds. The van der Waals surface area contributed by atoms with Gasteiger partial charge in [0.15, 0.2) is 11.4 Å². The fraction of sp³-hybridized carbons (Fsp3) is 0.182. The molecule has 4 aromatic rings. The number of para-hydroxylation sites is 2. The van der Waals surface area contributed by atoms with Gasteiger partial charge >= 0.3 is 11.8 Å². The van der Waals surface area contributed by atoms with Gasteiger partial charge in [0.1, 0.15) is 0 Å². The molecule has 10 heteroatoms. The van der Waals surface area contributed by atoms with Crippen molar-refractivity contribution in [3.63, 3.8) is 0 Å². The maximum absolute atomic E-state index is 12.2.